The molecular formula is C32H40N2O6. The van der Waals surface area contributed by atoms with Gasteiger partial charge in [-0.1, -0.05) is 31.9 Å². The van der Waals surface area contributed by atoms with E-state index in [2.05, 4.69) is 11.8 Å². The topological polar surface area (TPSA) is 88.5 Å². The van der Waals surface area contributed by atoms with Crippen LogP contribution in [0.4, 0.5) is 0 Å². The van der Waals surface area contributed by atoms with Crippen molar-refractivity contribution in [3.63, 3.8) is 0 Å². The Bertz CT molecular complexity index is 1250. The van der Waals surface area contributed by atoms with Crippen LogP contribution in [0.5, 0.6) is 11.5 Å². The van der Waals surface area contributed by atoms with Gasteiger partial charge in [-0.2, -0.15) is 0 Å². The van der Waals surface area contributed by atoms with Gasteiger partial charge in [0.2, 0.25) is 0 Å². The van der Waals surface area contributed by atoms with Gasteiger partial charge in [0.15, 0.2) is 0 Å². The number of carbonyl (C=O) groups is 2. The third-order valence-corrected chi connectivity index (χ3v) is 7.88. The number of unbranched alkanes of at least 4 members (excludes halogenated alkanes) is 2. The predicted octanol–water partition coefficient (Wildman–Crippen LogP) is 4.72. The quantitative estimate of drug-likeness (QED) is 0.188. The van der Waals surface area contributed by atoms with E-state index in [0.717, 1.165) is 62.2 Å². The molecular weight excluding hydrogens is 508 g/mol. The van der Waals surface area contributed by atoms with Crippen molar-refractivity contribution in [3.05, 3.63) is 64.7 Å². The molecule has 0 saturated carbocycles. The van der Waals surface area contributed by atoms with Gasteiger partial charge >= 0.3 is 0 Å². The number of aliphatic hydroxyl groups excluding tert-OH is 1. The predicted molar refractivity (Wildman–Crippen MR) is 153 cm³/mol. The van der Waals surface area contributed by atoms with Crippen LogP contribution in [0.2, 0.25) is 0 Å². The first kappa shape index (κ1) is 28.2. The Morgan fingerprint density at radius 2 is 1.88 bits per heavy atom. The molecule has 0 spiro atoms. The van der Waals surface area contributed by atoms with Gasteiger partial charge in [-0.05, 0) is 61.2 Å². The molecule has 5 rings (SSSR count). The third-order valence-electron chi connectivity index (χ3n) is 7.88. The molecule has 8 heteroatoms. The van der Waals surface area contributed by atoms with Crippen molar-refractivity contribution >= 4 is 17.4 Å². The highest BCUT2D eigenvalue weighted by Gasteiger charge is 2.46. The summed E-state index contributed by atoms with van der Waals surface area (Å²) >= 11 is 0. The molecule has 8 nitrogen and oxygen atoms in total. The number of ketones is 1. The summed E-state index contributed by atoms with van der Waals surface area (Å²) < 4.78 is 17.3. The summed E-state index contributed by atoms with van der Waals surface area (Å²) in [4.78, 5) is 30.9. The Labute approximate surface area is 236 Å². The van der Waals surface area contributed by atoms with Crippen LogP contribution < -0.4 is 9.47 Å². The molecule has 0 aromatic heterocycles. The first-order valence-electron chi connectivity index (χ1n) is 14.6. The molecule has 40 heavy (non-hydrogen) atoms. The molecule has 214 valence electrons. The Morgan fingerprint density at radius 1 is 1.05 bits per heavy atom. The number of ether oxygens (including phenoxy) is 3. The molecule has 2 aromatic rings. The lowest BCUT2D eigenvalue weighted by Crippen LogP contribution is -2.38. The number of fused-ring (bicyclic) bond motifs is 1. The highest BCUT2D eigenvalue weighted by molar-refractivity contribution is 6.46. The fourth-order valence-electron chi connectivity index (χ4n) is 5.79. The molecule has 3 heterocycles. The zero-order chi connectivity index (χ0) is 28.1. The summed E-state index contributed by atoms with van der Waals surface area (Å²) in [6.07, 6.45) is 4.66. The van der Waals surface area contributed by atoms with Gasteiger partial charge in [0.25, 0.3) is 11.7 Å². The van der Waals surface area contributed by atoms with Crippen molar-refractivity contribution in [3.8, 4) is 11.5 Å². The summed E-state index contributed by atoms with van der Waals surface area (Å²) in [5.74, 6) is 0.0816. The molecule has 2 fully saturated rings. The minimum atomic E-state index is -0.702. The van der Waals surface area contributed by atoms with Crippen molar-refractivity contribution in [2.45, 2.75) is 58.1 Å². The molecule has 1 amide bonds. The smallest absolute Gasteiger partial charge is 0.295 e. The lowest BCUT2D eigenvalue weighted by atomic mass is 9.94. The van der Waals surface area contributed by atoms with Crippen molar-refractivity contribution in [1.82, 2.24) is 9.80 Å². The first-order valence-corrected chi connectivity index (χ1v) is 14.6. The third kappa shape index (κ3) is 6.18. The van der Waals surface area contributed by atoms with E-state index in [1.807, 2.05) is 43.3 Å². The summed E-state index contributed by atoms with van der Waals surface area (Å²) in [6.45, 7) is 9.10. The minimum Gasteiger partial charge on any atom is -0.507 e. The van der Waals surface area contributed by atoms with Crippen LogP contribution in [0.15, 0.2) is 48.0 Å². The maximum absolute atomic E-state index is 13.5. The van der Waals surface area contributed by atoms with Gasteiger partial charge in [-0.3, -0.25) is 14.5 Å². The fourth-order valence-corrected chi connectivity index (χ4v) is 5.79. The van der Waals surface area contributed by atoms with Crippen LogP contribution in [0.1, 0.15) is 62.3 Å². The average Bonchev–Trinajstić information content (AvgIpc) is 3.46. The summed E-state index contributed by atoms with van der Waals surface area (Å²) in [5, 5.41) is 11.5. The van der Waals surface area contributed by atoms with Gasteiger partial charge in [-0.25, -0.2) is 0 Å². The minimum absolute atomic E-state index is 0.0597. The SMILES string of the molecule is CCCCCOc1cccc([C@H]2/C(=C(\O)c3ccc4c(c3)C[C@H](C)O4)C(=O)C(=O)N2CCCN2CCOCC2)c1. The number of amides is 1. The lowest BCUT2D eigenvalue weighted by Gasteiger charge is -2.29. The van der Waals surface area contributed by atoms with Gasteiger partial charge in [-0.15, -0.1) is 0 Å². The van der Waals surface area contributed by atoms with Gasteiger partial charge in [0.1, 0.15) is 23.4 Å². The van der Waals surface area contributed by atoms with Gasteiger partial charge in [0, 0.05) is 38.2 Å². The van der Waals surface area contributed by atoms with E-state index in [0.29, 0.717) is 44.1 Å². The molecule has 0 aliphatic carbocycles. The van der Waals surface area contributed by atoms with Crippen LogP contribution in [0, 0.1) is 0 Å². The molecule has 2 aromatic carbocycles. The number of carbonyl (C=O) groups excluding carboxylic acids is 2. The molecule has 1 N–H and O–H groups in total. The molecule has 0 unspecified atom stereocenters. The van der Waals surface area contributed by atoms with Gasteiger partial charge < -0.3 is 24.2 Å². The maximum atomic E-state index is 13.5. The van der Waals surface area contributed by atoms with Crippen molar-refractivity contribution in [1.29, 1.82) is 0 Å². The number of Topliss-reactive ketones (excluding diaryl/α,β-unsaturated/α-hetero) is 1. The number of hydrogen-bond donors (Lipinski definition) is 1. The van der Waals surface area contributed by atoms with E-state index in [9.17, 15) is 14.7 Å². The number of morpholine rings is 1. The molecule has 3 aliphatic rings. The number of likely N-dealkylation sites (tertiary alicyclic amines) is 1. The normalized spacial score (nSPS) is 22.4. The standard InChI is InChI=1S/C32H40N2O6/c1-3-4-5-16-39-26-9-6-8-23(21-26)29-28(30(35)24-10-11-27-25(20-24)19-22(2)40-27)31(36)32(37)34(29)13-7-12-33-14-17-38-18-15-33/h6,8-11,20-22,29,35H,3-5,7,12-19H2,1-2H3/b30-28+/t22-,29-/m0/s1. The zero-order valence-corrected chi connectivity index (χ0v) is 23.6. The van der Waals surface area contributed by atoms with E-state index in [1.54, 1.807) is 11.0 Å². The number of hydrogen-bond acceptors (Lipinski definition) is 7. The molecule has 2 saturated heterocycles. The zero-order valence-electron chi connectivity index (χ0n) is 23.6. The summed E-state index contributed by atoms with van der Waals surface area (Å²) in [6, 6.07) is 12.3. The Morgan fingerprint density at radius 3 is 2.67 bits per heavy atom. The highest BCUT2D eigenvalue weighted by Crippen LogP contribution is 2.41. The van der Waals surface area contributed by atoms with E-state index in [4.69, 9.17) is 14.2 Å². The number of benzene rings is 2. The van der Waals surface area contributed by atoms with Crippen LogP contribution in [-0.2, 0) is 20.7 Å². The number of rotatable bonds is 11. The van der Waals surface area contributed by atoms with Crippen molar-refractivity contribution < 1.29 is 28.9 Å². The molecule has 0 radical (unpaired) electrons. The molecule has 0 bridgehead atoms. The maximum Gasteiger partial charge on any atom is 0.295 e. The highest BCUT2D eigenvalue weighted by atomic mass is 16.5. The number of nitrogens with zero attached hydrogens (tertiary/aromatic N) is 2. The number of aliphatic hydroxyl groups is 1. The Hall–Kier alpha value is -3.36. The lowest BCUT2D eigenvalue weighted by molar-refractivity contribution is -0.140. The second-order valence-electron chi connectivity index (χ2n) is 10.9. The Balaban J connectivity index is 1.46. The average molecular weight is 549 g/mol. The Kier molecular flexibility index (Phi) is 9.07. The first-order chi connectivity index (χ1) is 19.5. The van der Waals surface area contributed by atoms with Gasteiger partial charge in [0.05, 0.1) is 31.4 Å². The van der Waals surface area contributed by atoms with Crippen LogP contribution >= 0.6 is 0 Å². The molecule has 3 aliphatic heterocycles. The molecule has 2 atom stereocenters. The van der Waals surface area contributed by atoms with Crippen molar-refractivity contribution in [2.24, 2.45) is 0 Å². The van der Waals surface area contributed by atoms with Crippen LogP contribution in [0.3, 0.4) is 0 Å². The van der Waals surface area contributed by atoms with Crippen LogP contribution in [-0.4, -0.2) is 78.7 Å². The van der Waals surface area contributed by atoms with E-state index >= 15 is 0 Å². The van der Waals surface area contributed by atoms with E-state index in [1.165, 1.54) is 0 Å². The largest absolute Gasteiger partial charge is 0.507 e. The van der Waals surface area contributed by atoms with Crippen molar-refractivity contribution in [2.75, 3.05) is 46.0 Å². The monoisotopic (exact) mass is 548 g/mol. The summed E-state index contributed by atoms with van der Waals surface area (Å²) in [5.41, 5.74) is 2.36. The van der Waals surface area contributed by atoms with E-state index < -0.39 is 17.7 Å². The second-order valence-corrected chi connectivity index (χ2v) is 10.9. The second kappa shape index (κ2) is 12.9. The fraction of sp³-hybridized carbons (Fsp3) is 0.500. The van der Waals surface area contributed by atoms with Crippen LogP contribution in [0.25, 0.3) is 5.76 Å². The summed E-state index contributed by atoms with van der Waals surface area (Å²) in [7, 11) is 0. The van der Waals surface area contributed by atoms with E-state index in [-0.39, 0.29) is 17.4 Å².